The first-order valence-electron chi connectivity index (χ1n) is 9.00. The zero-order chi connectivity index (χ0) is 16.5. The molecule has 144 valence electrons. The number of likely N-dealkylation sites (N-methyl/N-ethyl adjacent to an activating group) is 1. The Hall–Kier alpha value is -0.810. The molecule has 0 spiro atoms. The van der Waals surface area contributed by atoms with Crippen LogP contribution in [0, 0.1) is 5.92 Å². The lowest BCUT2D eigenvalue weighted by Gasteiger charge is -2.31. The molecular weight excluding hydrogens is 357 g/mol. The summed E-state index contributed by atoms with van der Waals surface area (Å²) in [7, 11) is 0. The van der Waals surface area contributed by atoms with Gasteiger partial charge in [-0.2, -0.15) is 0 Å². The van der Waals surface area contributed by atoms with Crippen molar-refractivity contribution in [1.29, 1.82) is 0 Å². The molecule has 1 saturated heterocycles. The highest BCUT2D eigenvalue weighted by Crippen LogP contribution is 2.16. The van der Waals surface area contributed by atoms with Gasteiger partial charge in [-0.05, 0) is 38.0 Å². The molecule has 1 N–H and O–H groups in total. The maximum atomic E-state index is 13.0. The summed E-state index contributed by atoms with van der Waals surface area (Å²) in [5.41, 5.74) is 1.21. The van der Waals surface area contributed by atoms with E-state index in [1.807, 2.05) is 18.2 Å². The second kappa shape index (κ2) is 13.4. The molecule has 0 aliphatic carbocycles. The van der Waals surface area contributed by atoms with Crippen LogP contribution in [-0.2, 0) is 11.3 Å². The predicted octanol–water partition coefficient (Wildman–Crippen LogP) is 3.20. The van der Waals surface area contributed by atoms with Gasteiger partial charge in [0.2, 0.25) is 5.91 Å². The first kappa shape index (κ1) is 24.2. The Labute approximate surface area is 165 Å². The van der Waals surface area contributed by atoms with Gasteiger partial charge in [0.1, 0.15) is 0 Å². The molecule has 1 aromatic rings. The number of rotatable bonds is 8. The van der Waals surface area contributed by atoms with E-state index in [4.69, 9.17) is 0 Å². The third-order valence-electron chi connectivity index (χ3n) is 4.75. The van der Waals surface area contributed by atoms with Crippen molar-refractivity contribution in [1.82, 2.24) is 15.1 Å². The summed E-state index contributed by atoms with van der Waals surface area (Å²) in [5, 5.41) is 3.36. The standard InChI is InChI=1S/C19H31N3O.2ClH/c1-3-21(4-2)13-14-22(16-17-9-6-5-7-10-17)19(23)18-11-8-12-20-15-18;;/h5-7,9-10,18,20H,3-4,8,11-16H2,1-2H3;2*1H. The number of carbonyl (C=O) groups excluding carboxylic acids is 1. The van der Waals surface area contributed by atoms with E-state index in [2.05, 4.69) is 41.1 Å². The molecule has 25 heavy (non-hydrogen) atoms. The van der Waals surface area contributed by atoms with Crippen molar-refractivity contribution in [2.75, 3.05) is 39.3 Å². The molecule has 0 aromatic heterocycles. The van der Waals surface area contributed by atoms with E-state index in [1.165, 1.54) is 5.56 Å². The zero-order valence-corrected chi connectivity index (χ0v) is 17.1. The minimum absolute atomic E-state index is 0. The number of benzene rings is 1. The van der Waals surface area contributed by atoms with Crippen LogP contribution in [0.1, 0.15) is 32.3 Å². The average Bonchev–Trinajstić information content (AvgIpc) is 2.62. The number of halogens is 2. The van der Waals surface area contributed by atoms with E-state index in [-0.39, 0.29) is 30.7 Å². The minimum Gasteiger partial charge on any atom is -0.337 e. The summed E-state index contributed by atoms with van der Waals surface area (Å²) in [6.45, 7) is 10.8. The number of hydrogen-bond acceptors (Lipinski definition) is 3. The number of nitrogens with zero attached hydrogens (tertiary/aromatic N) is 2. The molecule has 1 fully saturated rings. The third kappa shape index (κ3) is 7.95. The number of hydrogen-bond donors (Lipinski definition) is 1. The van der Waals surface area contributed by atoms with Crippen LogP contribution in [0.4, 0.5) is 0 Å². The molecule has 1 heterocycles. The van der Waals surface area contributed by atoms with Crippen LogP contribution in [0.5, 0.6) is 0 Å². The van der Waals surface area contributed by atoms with Crippen molar-refractivity contribution in [2.24, 2.45) is 5.92 Å². The van der Waals surface area contributed by atoms with Gasteiger partial charge in [-0.25, -0.2) is 0 Å². The fourth-order valence-electron chi connectivity index (χ4n) is 3.19. The Kier molecular flexibility index (Phi) is 13.0. The van der Waals surface area contributed by atoms with Crippen molar-refractivity contribution in [3.05, 3.63) is 35.9 Å². The maximum absolute atomic E-state index is 13.0. The van der Waals surface area contributed by atoms with Gasteiger partial charge in [0.05, 0.1) is 5.92 Å². The topological polar surface area (TPSA) is 35.6 Å². The molecule has 6 heteroatoms. The lowest BCUT2D eigenvalue weighted by Crippen LogP contribution is -2.45. The van der Waals surface area contributed by atoms with Crippen molar-refractivity contribution in [3.63, 3.8) is 0 Å². The van der Waals surface area contributed by atoms with Crippen LogP contribution >= 0.6 is 24.8 Å². The molecule has 2 rings (SSSR count). The number of carbonyl (C=O) groups is 1. The second-order valence-corrected chi connectivity index (χ2v) is 6.32. The monoisotopic (exact) mass is 389 g/mol. The van der Waals surface area contributed by atoms with Crippen LogP contribution in [-0.4, -0.2) is 55.0 Å². The summed E-state index contributed by atoms with van der Waals surface area (Å²) in [6, 6.07) is 10.3. The lowest BCUT2D eigenvalue weighted by atomic mass is 9.98. The largest absolute Gasteiger partial charge is 0.337 e. The van der Waals surface area contributed by atoms with Crippen molar-refractivity contribution in [3.8, 4) is 0 Å². The van der Waals surface area contributed by atoms with E-state index < -0.39 is 0 Å². The number of piperidine rings is 1. The molecule has 1 amide bonds. The van der Waals surface area contributed by atoms with Gasteiger partial charge in [0.25, 0.3) is 0 Å². The summed E-state index contributed by atoms with van der Waals surface area (Å²) < 4.78 is 0. The van der Waals surface area contributed by atoms with Gasteiger partial charge in [0, 0.05) is 26.2 Å². The highest BCUT2D eigenvalue weighted by molar-refractivity contribution is 5.85. The van der Waals surface area contributed by atoms with Crippen LogP contribution in [0.25, 0.3) is 0 Å². The molecule has 1 aliphatic heterocycles. The Morgan fingerprint density at radius 1 is 1.12 bits per heavy atom. The summed E-state index contributed by atoms with van der Waals surface area (Å²) in [4.78, 5) is 17.4. The van der Waals surface area contributed by atoms with Crippen molar-refractivity contribution in [2.45, 2.75) is 33.2 Å². The van der Waals surface area contributed by atoms with E-state index in [0.717, 1.165) is 58.7 Å². The molecule has 1 aromatic carbocycles. The van der Waals surface area contributed by atoms with E-state index >= 15 is 0 Å². The Morgan fingerprint density at radius 3 is 2.36 bits per heavy atom. The Bertz CT molecular complexity index is 463. The van der Waals surface area contributed by atoms with E-state index in [1.54, 1.807) is 0 Å². The fourth-order valence-corrected chi connectivity index (χ4v) is 3.19. The molecule has 0 bridgehead atoms. The van der Waals surface area contributed by atoms with Crippen molar-refractivity contribution < 1.29 is 4.79 Å². The van der Waals surface area contributed by atoms with Crippen LogP contribution in [0.2, 0.25) is 0 Å². The van der Waals surface area contributed by atoms with Crippen LogP contribution in [0.3, 0.4) is 0 Å². The van der Waals surface area contributed by atoms with Crippen LogP contribution < -0.4 is 5.32 Å². The number of nitrogens with one attached hydrogen (secondary N) is 1. The molecule has 4 nitrogen and oxygen atoms in total. The van der Waals surface area contributed by atoms with Crippen molar-refractivity contribution >= 4 is 30.7 Å². The smallest absolute Gasteiger partial charge is 0.227 e. The predicted molar refractivity (Wildman–Crippen MR) is 110 cm³/mol. The highest BCUT2D eigenvalue weighted by Gasteiger charge is 2.26. The second-order valence-electron chi connectivity index (χ2n) is 6.32. The molecule has 1 unspecified atom stereocenters. The molecular formula is C19H33Cl2N3O. The van der Waals surface area contributed by atoms with E-state index in [0.29, 0.717) is 5.91 Å². The first-order chi connectivity index (χ1) is 11.2. The van der Waals surface area contributed by atoms with Gasteiger partial charge in [-0.15, -0.1) is 24.8 Å². The van der Waals surface area contributed by atoms with Gasteiger partial charge in [0.15, 0.2) is 0 Å². The summed E-state index contributed by atoms with van der Waals surface area (Å²) in [5.74, 6) is 0.456. The summed E-state index contributed by atoms with van der Waals surface area (Å²) in [6.07, 6.45) is 2.12. The molecule has 0 radical (unpaired) electrons. The van der Waals surface area contributed by atoms with Gasteiger partial charge < -0.3 is 15.1 Å². The van der Waals surface area contributed by atoms with Gasteiger partial charge >= 0.3 is 0 Å². The SMILES string of the molecule is CCN(CC)CCN(Cc1ccccc1)C(=O)C1CCCNC1.Cl.Cl. The maximum Gasteiger partial charge on any atom is 0.227 e. The molecule has 1 atom stereocenters. The minimum atomic E-state index is 0. The van der Waals surface area contributed by atoms with E-state index in [9.17, 15) is 4.79 Å². The fraction of sp³-hybridized carbons (Fsp3) is 0.632. The Balaban J connectivity index is 0.00000288. The highest BCUT2D eigenvalue weighted by atomic mass is 35.5. The zero-order valence-electron chi connectivity index (χ0n) is 15.4. The number of amides is 1. The quantitative estimate of drug-likeness (QED) is 0.741. The third-order valence-corrected chi connectivity index (χ3v) is 4.75. The normalized spacial score (nSPS) is 16.7. The molecule has 1 aliphatic rings. The van der Waals surface area contributed by atoms with Gasteiger partial charge in [-0.3, -0.25) is 4.79 Å². The van der Waals surface area contributed by atoms with Crippen LogP contribution in [0.15, 0.2) is 30.3 Å². The van der Waals surface area contributed by atoms with Gasteiger partial charge in [-0.1, -0.05) is 44.2 Å². The Morgan fingerprint density at radius 2 is 1.80 bits per heavy atom. The molecule has 0 saturated carbocycles. The average molecular weight is 390 g/mol. The lowest BCUT2D eigenvalue weighted by molar-refractivity contribution is -0.137. The summed E-state index contributed by atoms with van der Waals surface area (Å²) >= 11 is 0. The first-order valence-corrected chi connectivity index (χ1v) is 9.00.